The number of nitrogens with zero attached hydrogens (tertiary/aromatic N) is 2. The first-order chi connectivity index (χ1) is 9.65. The molecular formula is C15H16N2O2S. The number of thiophene rings is 1. The third-order valence-electron chi connectivity index (χ3n) is 2.77. The van der Waals surface area contributed by atoms with Crippen LogP contribution in [-0.2, 0) is 17.9 Å². The third-order valence-corrected chi connectivity index (χ3v) is 3.70. The molecule has 2 heterocycles. The number of aliphatic carboxylic acids is 1. The maximum Gasteiger partial charge on any atom is 0.328 e. The van der Waals surface area contributed by atoms with Crippen molar-refractivity contribution in [3.05, 3.63) is 58.1 Å². The van der Waals surface area contributed by atoms with Gasteiger partial charge in [-0.25, -0.2) is 4.79 Å². The molecule has 104 valence electrons. The van der Waals surface area contributed by atoms with Gasteiger partial charge in [0.15, 0.2) is 0 Å². The van der Waals surface area contributed by atoms with Gasteiger partial charge in [-0.2, -0.15) is 0 Å². The lowest BCUT2D eigenvalue weighted by molar-refractivity contribution is -0.131. The van der Waals surface area contributed by atoms with Crippen LogP contribution in [-0.4, -0.2) is 28.0 Å². The number of carbonyl (C=O) groups is 1. The molecule has 2 aromatic rings. The molecule has 0 amide bonds. The first-order valence-corrected chi connectivity index (χ1v) is 7.08. The highest BCUT2D eigenvalue weighted by Crippen LogP contribution is 2.20. The predicted octanol–water partition coefficient (Wildman–Crippen LogP) is 2.87. The van der Waals surface area contributed by atoms with E-state index in [1.165, 1.54) is 6.08 Å². The number of pyridine rings is 1. The Balaban J connectivity index is 1.99. The Bertz CT molecular complexity index is 593. The van der Waals surface area contributed by atoms with Crippen LogP contribution in [0.5, 0.6) is 0 Å². The fourth-order valence-corrected chi connectivity index (χ4v) is 2.84. The minimum Gasteiger partial charge on any atom is -0.478 e. The zero-order chi connectivity index (χ0) is 14.4. The Morgan fingerprint density at radius 1 is 1.45 bits per heavy atom. The molecule has 0 radical (unpaired) electrons. The highest BCUT2D eigenvalue weighted by atomic mass is 32.1. The zero-order valence-corrected chi connectivity index (χ0v) is 12.0. The number of hydrogen-bond donors (Lipinski definition) is 1. The second-order valence-electron chi connectivity index (χ2n) is 4.50. The normalized spacial score (nSPS) is 11.3. The Hall–Kier alpha value is -1.98. The maximum absolute atomic E-state index is 10.6. The first-order valence-electron chi connectivity index (χ1n) is 6.20. The Labute approximate surface area is 122 Å². The quantitative estimate of drug-likeness (QED) is 0.830. The minimum atomic E-state index is -0.925. The van der Waals surface area contributed by atoms with E-state index in [2.05, 4.69) is 9.88 Å². The van der Waals surface area contributed by atoms with Crippen LogP contribution in [0.2, 0.25) is 0 Å². The number of carboxylic acid groups (broad SMARTS) is 1. The number of carboxylic acids is 1. The molecule has 0 unspecified atom stereocenters. The van der Waals surface area contributed by atoms with E-state index < -0.39 is 5.97 Å². The van der Waals surface area contributed by atoms with Crippen molar-refractivity contribution in [2.75, 3.05) is 7.05 Å². The van der Waals surface area contributed by atoms with Crippen LogP contribution in [0.3, 0.4) is 0 Å². The summed E-state index contributed by atoms with van der Waals surface area (Å²) in [5, 5.41) is 10.7. The van der Waals surface area contributed by atoms with Gasteiger partial charge in [-0.1, -0.05) is 6.07 Å². The first kappa shape index (κ1) is 14.4. The van der Waals surface area contributed by atoms with E-state index in [-0.39, 0.29) is 0 Å². The number of rotatable bonds is 6. The average Bonchev–Trinajstić information content (AvgIpc) is 2.84. The van der Waals surface area contributed by atoms with Gasteiger partial charge in [0.2, 0.25) is 0 Å². The third kappa shape index (κ3) is 4.29. The van der Waals surface area contributed by atoms with Gasteiger partial charge < -0.3 is 5.11 Å². The molecule has 0 aliphatic carbocycles. The second kappa shape index (κ2) is 6.98. The van der Waals surface area contributed by atoms with Gasteiger partial charge in [0.05, 0.1) is 0 Å². The Kier molecular flexibility index (Phi) is 5.03. The maximum atomic E-state index is 10.6. The van der Waals surface area contributed by atoms with Crippen molar-refractivity contribution >= 4 is 23.4 Å². The fraction of sp³-hybridized carbons (Fsp3) is 0.200. The molecule has 2 aromatic heterocycles. The van der Waals surface area contributed by atoms with Crippen LogP contribution in [0.4, 0.5) is 0 Å². The van der Waals surface area contributed by atoms with E-state index in [1.807, 2.05) is 36.8 Å². The van der Waals surface area contributed by atoms with Gasteiger partial charge in [-0.05, 0) is 41.8 Å². The van der Waals surface area contributed by atoms with Gasteiger partial charge >= 0.3 is 5.97 Å². The average molecular weight is 288 g/mol. The minimum absolute atomic E-state index is 0.784. The van der Waals surface area contributed by atoms with Gasteiger partial charge in [0.25, 0.3) is 0 Å². The summed E-state index contributed by atoms with van der Waals surface area (Å²) in [5.41, 5.74) is 2.13. The molecule has 0 fully saturated rings. The molecule has 0 atom stereocenters. The summed E-state index contributed by atoms with van der Waals surface area (Å²) < 4.78 is 0. The van der Waals surface area contributed by atoms with Crippen molar-refractivity contribution in [1.82, 2.24) is 9.88 Å². The van der Waals surface area contributed by atoms with Gasteiger partial charge in [-0.15, -0.1) is 11.3 Å². The fourth-order valence-electron chi connectivity index (χ4n) is 1.89. The standard InChI is InChI=1S/C15H16N2O2S/c1-17(10-12-3-2-7-16-9-12)11-14-13(6-8-20-14)4-5-15(18)19/h2-9H,10-11H2,1H3,(H,18,19). The summed E-state index contributed by atoms with van der Waals surface area (Å²) in [4.78, 5) is 18.0. The van der Waals surface area contributed by atoms with E-state index in [0.717, 1.165) is 29.1 Å². The molecule has 0 saturated heterocycles. The molecule has 20 heavy (non-hydrogen) atoms. The van der Waals surface area contributed by atoms with Crippen molar-refractivity contribution in [3.8, 4) is 0 Å². The van der Waals surface area contributed by atoms with E-state index in [1.54, 1.807) is 23.6 Å². The molecule has 0 saturated carbocycles. The summed E-state index contributed by atoms with van der Waals surface area (Å²) in [6.07, 6.45) is 6.44. The van der Waals surface area contributed by atoms with Crippen LogP contribution < -0.4 is 0 Å². The van der Waals surface area contributed by atoms with Crippen molar-refractivity contribution < 1.29 is 9.90 Å². The molecule has 1 N–H and O–H groups in total. The largest absolute Gasteiger partial charge is 0.478 e. The molecule has 5 heteroatoms. The summed E-state index contributed by atoms with van der Waals surface area (Å²) in [6, 6.07) is 5.91. The molecule has 0 spiro atoms. The molecule has 0 aliphatic heterocycles. The van der Waals surface area contributed by atoms with E-state index in [4.69, 9.17) is 5.11 Å². The van der Waals surface area contributed by atoms with Crippen LogP contribution in [0.25, 0.3) is 6.08 Å². The topological polar surface area (TPSA) is 53.4 Å². The summed E-state index contributed by atoms with van der Waals surface area (Å²) in [5.74, 6) is -0.925. The highest BCUT2D eigenvalue weighted by molar-refractivity contribution is 7.10. The molecule has 0 bridgehead atoms. The summed E-state index contributed by atoms with van der Waals surface area (Å²) in [6.45, 7) is 1.60. The predicted molar refractivity (Wildman–Crippen MR) is 80.4 cm³/mol. The van der Waals surface area contributed by atoms with Gasteiger partial charge in [0.1, 0.15) is 0 Å². The Morgan fingerprint density at radius 3 is 3.00 bits per heavy atom. The Morgan fingerprint density at radius 2 is 2.30 bits per heavy atom. The van der Waals surface area contributed by atoms with Gasteiger partial charge in [0, 0.05) is 36.4 Å². The monoisotopic (exact) mass is 288 g/mol. The number of hydrogen-bond acceptors (Lipinski definition) is 4. The molecule has 0 aliphatic rings. The van der Waals surface area contributed by atoms with Crippen LogP contribution >= 0.6 is 11.3 Å². The smallest absolute Gasteiger partial charge is 0.328 e. The molecule has 0 aromatic carbocycles. The molecule has 4 nitrogen and oxygen atoms in total. The SMILES string of the molecule is CN(Cc1cccnc1)Cc1sccc1C=CC(=O)O. The zero-order valence-electron chi connectivity index (χ0n) is 11.2. The van der Waals surface area contributed by atoms with Gasteiger partial charge in [-0.3, -0.25) is 9.88 Å². The van der Waals surface area contributed by atoms with E-state index in [0.29, 0.717) is 0 Å². The second-order valence-corrected chi connectivity index (χ2v) is 5.50. The van der Waals surface area contributed by atoms with Crippen molar-refractivity contribution in [2.24, 2.45) is 0 Å². The van der Waals surface area contributed by atoms with Crippen LogP contribution in [0.15, 0.2) is 42.0 Å². The lowest BCUT2D eigenvalue weighted by atomic mass is 10.2. The number of aromatic nitrogens is 1. The lowest BCUT2D eigenvalue weighted by Gasteiger charge is -2.16. The van der Waals surface area contributed by atoms with E-state index in [9.17, 15) is 4.79 Å². The molecular weight excluding hydrogens is 272 g/mol. The highest BCUT2D eigenvalue weighted by Gasteiger charge is 2.06. The van der Waals surface area contributed by atoms with Crippen LogP contribution in [0, 0.1) is 0 Å². The summed E-state index contributed by atoms with van der Waals surface area (Å²) >= 11 is 1.64. The van der Waals surface area contributed by atoms with E-state index >= 15 is 0 Å². The van der Waals surface area contributed by atoms with Crippen molar-refractivity contribution in [1.29, 1.82) is 0 Å². The van der Waals surface area contributed by atoms with Crippen molar-refractivity contribution in [2.45, 2.75) is 13.1 Å². The lowest BCUT2D eigenvalue weighted by Crippen LogP contribution is -2.17. The molecule has 2 rings (SSSR count). The summed E-state index contributed by atoms with van der Waals surface area (Å²) in [7, 11) is 2.04. The van der Waals surface area contributed by atoms with Crippen molar-refractivity contribution in [3.63, 3.8) is 0 Å². The van der Waals surface area contributed by atoms with Crippen LogP contribution in [0.1, 0.15) is 16.0 Å².